The molecular formula is C29H35NO3. The molecule has 0 aliphatic rings. The summed E-state index contributed by atoms with van der Waals surface area (Å²) in [6.07, 6.45) is 0.258. The Kier molecular flexibility index (Phi) is 8.29. The number of methoxy groups -OCH3 is 1. The molecule has 3 aromatic rings. The highest BCUT2D eigenvalue weighted by Gasteiger charge is 2.30. The van der Waals surface area contributed by atoms with Gasteiger partial charge in [0, 0.05) is 18.6 Å². The van der Waals surface area contributed by atoms with Crippen molar-refractivity contribution >= 4 is 5.97 Å². The fourth-order valence-corrected chi connectivity index (χ4v) is 4.03. The van der Waals surface area contributed by atoms with Crippen LogP contribution in [-0.4, -0.2) is 23.6 Å². The van der Waals surface area contributed by atoms with Gasteiger partial charge in [0.25, 0.3) is 0 Å². The third kappa shape index (κ3) is 7.19. The number of ether oxygens (including phenoxy) is 2. The maximum Gasteiger partial charge on any atom is 0.308 e. The molecule has 0 bridgehead atoms. The Hall–Kier alpha value is -3.11. The van der Waals surface area contributed by atoms with Crippen LogP contribution in [0.25, 0.3) is 0 Å². The fourth-order valence-electron chi connectivity index (χ4n) is 4.03. The topological polar surface area (TPSA) is 38.8 Å². The first-order valence-electron chi connectivity index (χ1n) is 11.5. The smallest absolute Gasteiger partial charge is 0.308 e. The number of nitrogens with zero attached hydrogens (tertiary/aromatic N) is 1. The third-order valence-electron chi connectivity index (χ3n) is 5.67. The van der Waals surface area contributed by atoms with Crippen LogP contribution in [0.1, 0.15) is 62.9 Å². The molecule has 4 nitrogen and oxygen atoms in total. The van der Waals surface area contributed by atoms with Gasteiger partial charge in [-0.05, 0) is 56.5 Å². The van der Waals surface area contributed by atoms with Crippen molar-refractivity contribution in [1.82, 2.24) is 4.90 Å². The lowest BCUT2D eigenvalue weighted by Crippen LogP contribution is -2.34. The summed E-state index contributed by atoms with van der Waals surface area (Å²) in [5.74, 6) is 0.585. The molecule has 3 aromatic carbocycles. The van der Waals surface area contributed by atoms with Gasteiger partial charge in [0.2, 0.25) is 0 Å². The van der Waals surface area contributed by atoms with E-state index in [1.54, 1.807) is 7.11 Å². The molecule has 0 heterocycles. The molecule has 0 fully saturated rings. The first-order valence-corrected chi connectivity index (χ1v) is 11.5. The molecule has 0 unspecified atom stereocenters. The Morgan fingerprint density at radius 2 is 1.42 bits per heavy atom. The van der Waals surface area contributed by atoms with Crippen LogP contribution in [0.4, 0.5) is 0 Å². The van der Waals surface area contributed by atoms with Gasteiger partial charge in [-0.2, -0.15) is 0 Å². The van der Waals surface area contributed by atoms with Gasteiger partial charge >= 0.3 is 5.97 Å². The first-order chi connectivity index (χ1) is 15.8. The van der Waals surface area contributed by atoms with Gasteiger partial charge in [0.05, 0.1) is 13.5 Å². The van der Waals surface area contributed by atoms with Crippen molar-refractivity contribution in [3.8, 4) is 5.75 Å². The molecule has 0 N–H and O–H groups in total. The maximum absolute atomic E-state index is 13.0. The molecule has 0 saturated heterocycles. The molecule has 0 radical (unpaired) electrons. The van der Waals surface area contributed by atoms with E-state index in [1.165, 1.54) is 11.1 Å². The summed E-state index contributed by atoms with van der Waals surface area (Å²) in [5, 5.41) is 0. The van der Waals surface area contributed by atoms with Gasteiger partial charge in [0.15, 0.2) is 0 Å². The third-order valence-corrected chi connectivity index (χ3v) is 5.67. The van der Waals surface area contributed by atoms with Gasteiger partial charge in [-0.15, -0.1) is 0 Å². The summed E-state index contributed by atoms with van der Waals surface area (Å²) >= 11 is 0. The van der Waals surface area contributed by atoms with Crippen molar-refractivity contribution in [1.29, 1.82) is 0 Å². The lowest BCUT2D eigenvalue weighted by Gasteiger charge is -2.37. The van der Waals surface area contributed by atoms with Crippen molar-refractivity contribution in [3.63, 3.8) is 0 Å². The summed E-state index contributed by atoms with van der Waals surface area (Å²) < 4.78 is 11.1. The second-order valence-corrected chi connectivity index (χ2v) is 9.32. The molecular weight excluding hydrogens is 410 g/mol. The predicted molar refractivity (Wildman–Crippen MR) is 133 cm³/mol. The standard InChI is InChI=1S/C29H35NO3/c1-22(24-14-10-7-11-15-24)30(21-23-12-8-6-9-13-23)27(20-28(31)33-29(2,3)4)25-16-18-26(32-5)19-17-25/h6-19,22,27H,20-21H2,1-5H3/t22-,27-/m1/s1. The van der Waals surface area contributed by atoms with Crippen LogP contribution in [0, 0.1) is 0 Å². The zero-order chi connectivity index (χ0) is 23.8. The first kappa shape index (κ1) is 24.5. The molecule has 0 aromatic heterocycles. The van der Waals surface area contributed by atoms with E-state index >= 15 is 0 Å². The van der Waals surface area contributed by atoms with E-state index in [1.807, 2.05) is 57.2 Å². The number of carbonyl (C=O) groups excluding carboxylic acids is 1. The largest absolute Gasteiger partial charge is 0.497 e. The van der Waals surface area contributed by atoms with E-state index < -0.39 is 5.60 Å². The van der Waals surface area contributed by atoms with Gasteiger partial charge in [-0.25, -0.2) is 0 Å². The van der Waals surface area contributed by atoms with Crippen LogP contribution >= 0.6 is 0 Å². The molecule has 0 aliphatic heterocycles. The molecule has 0 saturated carbocycles. The van der Waals surface area contributed by atoms with Crippen molar-refractivity contribution < 1.29 is 14.3 Å². The minimum Gasteiger partial charge on any atom is -0.497 e. The Labute approximate surface area is 198 Å². The second-order valence-electron chi connectivity index (χ2n) is 9.32. The van der Waals surface area contributed by atoms with E-state index in [0.717, 1.165) is 11.3 Å². The molecule has 3 rings (SSSR count). The van der Waals surface area contributed by atoms with Gasteiger partial charge < -0.3 is 9.47 Å². The zero-order valence-electron chi connectivity index (χ0n) is 20.3. The molecule has 0 spiro atoms. The lowest BCUT2D eigenvalue weighted by molar-refractivity contribution is -0.156. The average Bonchev–Trinajstić information content (AvgIpc) is 2.81. The van der Waals surface area contributed by atoms with Crippen LogP contribution in [-0.2, 0) is 16.1 Å². The predicted octanol–water partition coefficient (Wildman–Crippen LogP) is 6.73. The Morgan fingerprint density at radius 1 is 0.848 bits per heavy atom. The SMILES string of the molecule is COc1ccc([C@@H](CC(=O)OC(C)(C)C)N(Cc2ccccc2)[C@H](C)c2ccccc2)cc1. The summed E-state index contributed by atoms with van der Waals surface area (Å²) in [4.78, 5) is 15.4. The van der Waals surface area contributed by atoms with E-state index in [2.05, 4.69) is 60.4 Å². The fraction of sp³-hybridized carbons (Fsp3) is 0.345. The van der Waals surface area contributed by atoms with Crippen LogP contribution in [0.5, 0.6) is 5.75 Å². The van der Waals surface area contributed by atoms with E-state index in [-0.39, 0.29) is 24.5 Å². The second kappa shape index (κ2) is 11.2. The van der Waals surface area contributed by atoms with Crippen molar-refractivity contribution in [2.45, 2.75) is 58.3 Å². The van der Waals surface area contributed by atoms with Crippen molar-refractivity contribution in [3.05, 3.63) is 102 Å². The summed E-state index contributed by atoms with van der Waals surface area (Å²) in [6, 6.07) is 28.7. The van der Waals surface area contributed by atoms with E-state index in [4.69, 9.17) is 9.47 Å². The van der Waals surface area contributed by atoms with Gasteiger partial charge in [0.1, 0.15) is 11.4 Å². The Balaban J connectivity index is 2.02. The number of esters is 1. The maximum atomic E-state index is 13.0. The highest BCUT2D eigenvalue weighted by atomic mass is 16.6. The number of hydrogen-bond donors (Lipinski definition) is 0. The number of carbonyl (C=O) groups is 1. The summed E-state index contributed by atoms with van der Waals surface area (Å²) in [5.41, 5.74) is 2.93. The van der Waals surface area contributed by atoms with Crippen LogP contribution in [0.15, 0.2) is 84.9 Å². The molecule has 0 aliphatic carbocycles. The quantitative estimate of drug-likeness (QED) is 0.342. The molecule has 4 heteroatoms. The zero-order valence-corrected chi connectivity index (χ0v) is 20.3. The van der Waals surface area contributed by atoms with Crippen LogP contribution in [0.2, 0.25) is 0 Å². The number of benzene rings is 3. The summed E-state index contributed by atoms with van der Waals surface area (Å²) in [6.45, 7) is 8.62. The molecule has 33 heavy (non-hydrogen) atoms. The Morgan fingerprint density at radius 3 is 1.97 bits per heavy atom. The van der Waals surface area contributed by atoms with Crippen molar-refractivity contribution in [2.24, 2.45) is 0 Å². The normalized spacial score (nSPS) is 13.4. The monoisotopic (exact) mass is 445 g/mol. The van der Waals surface area contributed by atoms with E-state index in [0.29, 0.717) is 6.54 Å². The Bertz CT molecular complexity index is 995. The molecule has 0 amide bonds. The highest BCUT2D eigenvalue weighted by molar-refractivity contribution is 5.71. The van der Waals surface area contributed by atoms with Gasteiger partial charge in [-0.3, -0.25) is 9.69 Å². The van der Waals surface area contributed by atoms with Gasteiger partial charge in [-0.1, -0.05) is 72.8 Å². The average molecular weight is 446 g/mol. The number of hydrogen-bond acceptors (Lipinski definition) is 4. The lowest BCUT2D eigenvalue weighted by atomic mass is 9.96. The molecule has 2 atom stereocenters. The van der Waals surface area contributed by atoms with Crippen molar-refractivity contribution in [2.75, 3.05) is 7.11 Å². The minimum absolute atomic E-state index is 0.0842. The van der Waals surface area contributed by atoms with Crippen LogP contribution < -0.4 is 4.74 Å². The molecule has 174 valence electrons. The van der Waals surface area contributed by atoms with E-state index in [9.17, 15) is 4.79 Å². The van der Waals surface area contributed by atoms with Crippen LogP contribution in [0.3, 0.4) is 0 Å². The highest BCUT2D eigenvalue weighted by Crippen LogP contribution is 2.36. The minimum atomic E-state index is -0.531. The summed E-state index contributed by atoms with van der Waals surface area (Å²) in [7, 11) is 1.66. The number of rotatable bonds is 9.